The molecule has 4 heteroatoms. The molecular weight excluding hydrogens is 186 g/mol. The highest BCUT2D eigenvalue weighted by Gasteiger charge is 2.17. The Balaban J connectivity index is 2.90. The summed E-state index contributed by atoms with van der Waals surface area (Å²) in [5.74, 6) is 0. The SMILES string of the molecule is N#CC(O)C(O)c1cccc(S)c1. The molecule has 68 valence electrons. The third-order valence-corrected chi connectivity index (χ3v) is 1.92. The molecule has 3 nitrogen and oxygen atoms in total. The minimum Gasteiger partial charge on any atom is -0.385 e. The lowest BCUT2D eigenvalue weighted by Gasteiger charge is -2.11. The van der Waals surface area contributed by atoms with Gasteiger partial charge < -0.3 is 10.2 Å². The average molecular weight is 195 g/mol. The molecule has 0 aromatic heterocycles. The molecule has 0 radical (unpaired) electrons. The smallest absolute Gasteiger partial charge is 0.170 e. The van der Waals surface area contributed by atoms with E-state index in [0.717, 1.165) is 0 Å². The predicted molar refractivity (Wildman–Crippen MR) is 50.3 cm³/mol. The van der Waals surface area contributed by atoms with Gasteiger partial charge in [0.15, 0.2) is 6.10 Å². The lowest BCUT2D eigenvalue weighted by atomic mass is 10.1. The molecule has 1 aromatic rings. The summed E-state index contributed by atoms with van der Waals surface area (Å²) in [5.41, 5.74) is 0.488. The maximum Gasteiger partial charge on any atom is 0.170 e. The summed E-state index contributed by atoms with van der Waals surface area (Å²) < 4.78 is 0. The lowest BCUT2D eigenvalue weighted by molar-refractivity contribution is 0.0526. The van der Waals surface area contributed by atoms with E-state index in [1.807, 2.05) is 0 Å². The van der Waals surface area contributed by atoms with E-state index >= 15 is 0 Å². The largest absolute Gasteiger partial charge is 0.385 e. The third kappa shape index (κ3) is 2.46. The summed E-state index contributed by atoms with van der Waals surface area (Å²) in [6.07, 6.45) is -2.56. The fourth-order valence-electron chi connectivity index (χ4n) is 0.962. The second-order valence-electron chi connectivity index (χ2n) is 2.61. The molecule has 2 N–H and O–H groups in total. The van der Waals surface area contributed by atoms with Crippen LogP contribution in [0.2, 0.25) is 0 Å². The summed E-state index contributed by atoms with van der Waals surface area (Å²) in [7, 11) is 0. The van der Waals surface area contributed by atoms with E-state index in [4.69, 9.17) is 10.4 Å². The maximum absolute atomic E-state index is 9.41. The molecule has 0 bridgehead atoms. The maximum atomic E-state index is 9.41. The second-order valence-corrected chi connectivity index (χ2v) is 3.13. The van der Waals surface area contributed by atoms with E-state index in [-0.39, 0.29) is 0 Å². The third-order valence-electron chi connectivity index (χ3n) is 1.64. The topological polar surface area (TPSA) is 64.2 Å². The van der Waals surface area contributed by atoms with Crippen molar-refractivity contribution >= 4 is 12.6 Å². The normalized spacial score (nSPS) is 14.6. The van der Waals surface area contributed by atoms with Crippen molar-refractivity contribution in [2.24, 2.45) is 0 Å². The van der Waals surface area contributed by atoms with Crippen LogP contribution in [0.15, 0.2) is 29.2 Å². The van der Waals surface area contributed by atoms with Gasteiger partial charge in [-0.3, -0.25) is 0 Å². The number of nitrogens with zero attached hydrogens (tertiary/aromatic N) is 1. The summed E-state index contributed by atoms with van der Waals surface area (Å²) in [5, 5.41) is 26.8. The highest BCUT2D eigenvalue weighted by Crippen LogP contribution is 2.19. The van der Waals surface area contributed by atoms with E-state index < -0.39 is 12.2 Å². The molecule has 0 amide bonds. The van der Waals surface area contributed by atoms with Gasteiger partial charge in [-0.1, -0.05) is 12.1 Å². The molecule has 2 unspecified atom stereocenters. The van der Waals surface area contributed by atoms with E-state index in [0.29, 0.717) is 10.5 Å². The van der Waals surface area contributed by atoms with Crippen LogP contribution in [0.5, 0.6) is 0 Å². The molecule has 0 aliphatic rings. The molecule has 2 atom stereocenters. The van der Waals surface area contributed by atoms with Gasteiger partial charge in [0.25, 0.3) is 0 Å². The molecule has 0 aliphatic carbocycles. The minimum absolute atomic E-state index is 0.488. The number of thiol groups is 1. The summed E-state index contributed by atoms with van der Waals surface area (Å²) in [4.78, 5) is 0.682. The van der Waals surface area contributed by atoms with Gasteiger partial charge in [-0.05, 0) is 17.7 Å². The van der Waals surface area contributed by atoms with Crippen molar-refractivity contribution in [3.63, 3.8) is 0 Å². The van der Waals surface area contributed by atoms with Gasteiger partial charge >= 0.3 is 0 Å². The molecule has 0 spiro atoms. The van der Waals surface area contributed by atoms with Gasteiger partial charge in [0.2, 0.25) is 0 Å². The minimum atomic E-state index is -1.39. The fourth-order valence-corrected chi connectivity index (χ4v) is 1.20. The van der Waals surface area contributed by atoms with Crippen molar-refractivity contribution in [1.29, 1.82) is 5.26 Å². The molecule has 1 aromatic carbocycles. The molecule has 0 fully saturated rings. The Morgan fingerprint density at radius 1 is 1.38 bits per heavy atom. The fraction of sp³-hybridized carbons (Fsp3) is 0.222. The van der Waals surface area contributed by atoms with E-state index in [1.54, 1.807) is 30.3 Å². The Bertz CT molecular complexity index is 335. The summed E-state index contributed by atoms with van der Waals surface area (Å²) in [6, 6.07) is 8.25. The van der Waals surface area contributed by atoms with Crippen LogP contribution in [-0.2, 0) is 0 Å². The van der Waals surface area contributed by atoms with E-state index in [2.05, 4.69) is 12.6 Å². The standard InChI is InChI=1S/C9H9NO2S/c10-5-8(11)9(12)6-2-1-3-7(13)4-6/h1-4,8-9,11-13H. The van der Waals surface area contributed by atoms with Crippen molar-refractivity contribution in [3.05, 3.63) is 29.8 Å². The number of aliphatic hydroxyl groups is 2. The van der Waals surface area contributed by atoms with Crippen LogP contribution in [0, 0.1) is 11.3 Å². The Morgan fingerprint density at radius 2 is 2.08 bits per heavy atom. The number of nitriles is 1. The Labute approximate surface area is 81.7 Å². The first-order valence-electron chi connectivity index (χ1n) is 3.70. The predicted octanol–water partition coefficient (Wildman–Crippen LogP) is 0.893. The molecule has 1 rings (SSSR count). The highest BCUT2D eigenvalue weighted by atomic mass is 32.1. The first-order chi connectivity index (χ1) is 6.15. The number of benzene rings is 1. The average Bonchev–Trinajstić information content (AvgIpc) is 2.15. The second kappa shape index (κ2) is 4.28. The summed E-state index contributed by atoms with van der Waals surface area (Å²) in [6.45, 7) is 0. The lowest BCUT2D eigenvalue weighted by Crippen LogP contribution is -2.15. The number of aliphatic hydroxyl groups excluding tert-OH is 2. The molecule has 13 heavy (non-hydrogen) atoms. The Kier molecular flexibility index (Phi) is 3.32. The van der Waals surface area contributed by atoms with Gasteiger partial charge in [-0.25, -0.2) is 0 Å². The summed E-state index contributed by atoms with van der Waals surface area (Å²) >= 11 is 4.07. The zero-order valence-electron chi connectivity index (χ0n) is 6.75. The van der Waals surface area contributed by atoms with Crippen molar-refractivity contribution in [1.82, 2.24) is 0 Å². The van der Waals surface area contributed by atoms with E-state index in [1.165, 1.54) is 0 Å². The van der Waals surface area contributed by atoms with Gasteiger partial charge in [0, 0.05) is 4.90 Å². The van der Waals surface area contributed by atoms with Crippen molar-refractivity contribution in [2.75, 3.05) is 0 Å². The van der Waals surface area contributed by atoms with Gasteiger partial charge in [0.1, 0.15) is 6.10 Å². The molecular formula is C9H9NO2S. The van der Waals surface area contributed by atoms with Crippen LogP contribution in [0.25, 0.3) is 0 Å². The van der Waals surface area contributed by atoms with Crippen LogP contribution in [0.1, 0.15) is 11.7 Å². The number of hydrogen-bond acceptors (Lipinski definition) is 4. The highest BCUT2D eigenvalue weighted by molar-refractivity contribution is 7.80. The first kappa shape index (κ1) is 10.1. The van der Waals surface area contributed by atoms with Gasteiger partial charge in [-0.2, -0.15) is 5.26 Å². The van der Waals surface area contributed by atoms with Crippen molar-refractivity contribution in [2.45, 2.75) is 17.1 Å². The van der Waals surface area contributed by atoms with Gasteiger partial charge in [0.05, 0.1) is 6.07 Å². The molecule has 0 aliphatic heterocycles. The van der Waals surface area contributed by atoms with Crippen molar-refractivity contribution < 1.29 is 10.2 Å². The van der Waals surface area contributed by atoms with Crippen LogP contribution >= 0.6 is 12.6 Å². The number of rotatable bonds is 2. The first-order valence-corrected chi connectivity index (χ1v) is 4.14. The number of hydrogen-bond donors (Lipinski definition) is 3. The van der Waals surface area contributed by atoms with Crippen LogP contribution in [0.4, 0.5) is 0 Å². The monoisotopic (exact) mass is 195 g/mol. The molecule has 0 heterocycles. The molecule has 0 saturated heterocycles. The van der Waals surface area contributed by atoms with Crippen LogP contribution < -0.4 is 0 Å². The zero-order chi connectivity index (χ0) is 9.84. The van der Waals surface area contributed by atoms with Crippen molar-refractivity contribution in [3.8, 4) is 6.07 Å². The van der Waals surface area contributed by atoms with Crippen LogP contribution in [-0.4, -0.2) is 16.3 Å². The molecule has 0 saturated carbocycles. The quantitative estimate of drug-likeness (QED) is 0.485. The zero-order valence-corrected chi connectivity index (χ0v) is 7.65. The van der Waals surface area contributed by atoms with Crippen LogP contribution in [0.3, 0.4) is 0 Å². The van der Waals surface area contributed by atoms with Gasteiger partial charge in [-0.15, -0.1) is 12.6 Å². The Morgan fingerprint density at radius 3 is 2.62 bits per heavy atom. The Hall–Kier alpha value is -1.02. The van der Waals surface area contributed by atoms with E-state index in [9.17, 15) is 5.11 Å².